The van der Waals surface area contributed by atoms with Crippen LogP contribution in [0.15, 0.2) is 24.3 Å². The van der Waals surface area contributed by atoms with Crippen LogP contribution < -0.4 is 5.32 Å². The Labute approximate surface area is 151 Å². The van der Waals surface area contributed by atoms with Gasteiger partial charge in [-0.1, -0.05) is 31.2 Å². The number of carbonyl (C=O) groups excluding carboxylic acids is 2. The molecule has 5 nitrogen and oxygen atoms in total. The molecular weight excluding hydrogens is 343 g/mol. The van der Waals surface area contributed by atoms with Gasteiger partial charge in [0.25, 0.3) is 0 Å². The van der Waals surface area contributed by atoms with E-state index >= 15 is 0 Å². The van der Waals surface area contributed by atoms with Gasteiger partial charge in [0.2, 0.25) is 5.91 Å². The van der Waals surface area contributed by atoms with E-state index in [4.69, 9.17) is 5.73 Å². The molecule has 1 aromatic carbocycles. The van der Waals surface area contributed by atoms with E-state index in [1.807, 2.05) is 17.0 Å². The van der Waals surface area contributed by atoms with Crippen molar-refractivity contribution in [3.63, 3.8) is 0 Å². The zero-order valence-corrected chi connectivity index (χ0v) is 15.4. The van der Waals surface area contributed by atoms with Crippen molar-refractivity contribution in [3.05, 3.63) is 41.1 Å². The van der Waals surface area contributed by atoms with Crippen LogP contribution in [0.2, 0.25) is 0 Å². The molecule has 21 heavy (non-hydrogen) atoms. The number of nitrogens with zero attached hydrogens (tertiary/aromatic N) is 1. The number of hydrogen-bond acceptors (Lipinski definition) is 2. The molecule has 1 aliphatic heterocycles. The van der Waals surface area contributed by atoms with Crippen molar-refractivity contribution in [3.8, 4) is 0 Å². The fourth-order valence-corrected chi connectivity index (χ4v) is 2.60. The molecule has 1 heterocycles. The number of fused-ring (bicyclic) bond motifs is 1. The zero-order valence-electron chi connectivity index (χ0n) is 12.6. The molecule has 1 aromatic rings. The molecule has 2 rings (SSSR count). The van der Waals surface area contributed by atoms with Crippen molar-refractivity contribution in [1.82, 2.24) is 10.2 Å². The van der Waals surface area contributed by atoms with Gasteiger partial charge in [-0.3, -0.25) is 4.79 Å². The number of carbonyl (C=O) groups is 1. The van der Waals surface area contributed by atoms with Crippen molar-refractivity contribution in [2.45, 2.75) is 25.8 Å². The van der Waals surface area contributed by atoms with Crippen LogP contribution in [0.3, 0.4) is 0 Å². The molecular formula is C15H21N3O2Y-2. The Morgan fingerprint density at radius 3 is 2.71 bits per heavy atom. The van der Waals surface area contributed by atoms with Crippen molar-refractivity contribution in [2.75, 3.05) is 20.1 Å². The number of amides is 2. The van der Waals surface area contributed by atoms with Crippen LogP contribution in [-0.2, 0) is 48.7 Å². The molecule has 0 saturated carbocycles. The molecule has 6 heteroatoms. The number of hydrogen-bond donors (Lipinski definition) is 1. The average molecular weight is 364 g/mol. The summed E-state index contributed by atoms with van der Waals surface area (Å²) in [4.78, 5) is 24.0. The Hall–Kier alpha value is -0.776. The summed E-state index contributed by atoms with van der Waals surface area (Å²) >= 11 is 0. The fraction of sp³-hybridized carbons (Fsp3) is 0.467. The van der Waals surface area contributed by atoms with E-state index in [1.54, 1.807) is 6.41 Å². The first-order chi connectivity index (χ1) is 9.77. The molecule has 1 radical (unpaired) electrons. The topological polar surface area (TPSA) is 73.2 Å². The Morgan fingerprint density at radius 1 is 1.43 bits per heavy atom. The van der Waals surface area contributed by atoms with Gasteiger partial charge in [-0.25, -0.2) is 0 Å². The standard InChI is InChI=1S/C14H17N2O2.CH4N.Y/c1-2-13-12-6-4-3-5-11(12)7-8-16(13)14(18)9-15-10-17;1-2;/h3-6,13H,2,7-9H2,1H3,(H,15,17);2H,1H3;/q2*-1;. The minimum absolute atomic E-state index is 0. The first kappa shape index (κ1) is 20.2. The molecule has 2 amide bonds. The maximum absolute atomic E-state index is 12.0. The molecule has 0 aliphatic carbocycles. The van der Waals surface area contributed by atoms with Crippen molar-refractivity contribution < 1.29 is 42.3 Å². The van der Waals surface area contributed by atoms with E-state index in [9.17, 15) is 9.59 Å². The molecule has 1 atom stereocenters. The summed E-state index contributed by atoms with van der Waals surface area (Å²) in [6.45, 7) is 2.82. The van der Waals surface area contributed by atoms with Gasteiger partial charge >= 0.3 is 0 Å². The van der Waals surface area contributed by atoms with Crippen LogP contribution in [0.4, 0.5) is 0 Å². The van der Waals surface area contributed by atoms with Gasteiger partial charge in [0.05, 0.1) is 12.6 Å². The number of nitrogens with one attached hydrogen (secondary N) is 2. The van der Waals surface area contributed by atoms with Crippen LogP contribution in [-0.4, -0.2) is 37.4 Å². The van der Waals surface area contributed by atoms with E-state index in [2.05, 4.69) is 24.4 Å². The summed E-state index contributed by atoms with van der Waals surface area (Å²) < 4.78 is 0. The first-order valence-corrected chi connectivity index (χ1v) is 6.75. The molecule has 0 aromatic heterocycles. The van der Waals surface area contributed by atoms with E-state index < -0.39 is 0 Å². The van der Waals surface area contributed by atoms with Crippen LogP contribution in [0.25, 0.3) is 5.73 Å². The molecule has 113 valence electrons. The largest absolute Gasteiger partial charge is 0.680 e. The normalized spacial score (nSPS) is 15.8. The van der Waals surface area contributed by atoms with E-state index in [0.29, 0.717) is 0 Å². The summed E-state index contributed by atoms with van der Waals surface area (Å²) in [6.07, 6.45) is 3.30. The molecule has 0 fully saturated rings. The zero-order chi connectivity index (χ0) is 15.0. The molecule has 1 aliphatic rings. The Morgan fingerprint density at radius 2 is 2.10 bits per heavy atom. The van der Waals surface area contributed by atoms with Crippen LogP contribution >= 0.6 is 0 Å². The minimum atomic E-state index is -0.0419. The summed E-state index contributed by atoms with van der Waals surface area (Å²) in [5.74, 6) is -0.0419. The van der Waals surface area contributed by atoms with Crippen molar-refractivity contribution >= 4 is 12.3 Å². The maximum Gasteiger partial charge on any atom is 0.239 e. The minimum Gasteiger partial charge on any atom is -0.680 e. The predicted molar refractivity (Wildman–Crippen MR) is 78.8 cm³/mol. The van der Waals surface area contributed by atoms with E-state index in [1.165, 1.54) is 18.2 Å². The van der Waals surface area contributed by atoms with E-state index in [0.717, 1.165) is 19.4 Å². The van der Waals surface area contributed by atoms with Gasteiger partial charge in [-0.15, -0.1) is 0 Å². The Balaban J connectivity index is 0.00000128. The third-order valence-corrected chi connectivity index (χ3v) is 3.43. The molecule has 2 N–H and O–H groups in total. The monoisotopic (exact) mass is 364 g/mol. The summed E-state index contributed by atoms with van der Waals surface area (Å²) in [6, 6.07) is 8.37. The first-order valence-electron chi connectivity index (χ1n) is 6.75. The Kier molecular flexibility index (Phi) is 10.5. The summed E-state index contributed by atoms with van der Waals surface area (Å²) in [5, 5.41) is 2.32. The van der Waals surface area contributed by atoms with Crippen LogP contribution in [0, 0.1) is 0 Å². The SMILES string of the molecule is CCC1c2ccccc2CCN1C(=O)CN[C-]=O.C[NH-].[Y]. The van der Waals surface area contributed by atoms with Crippen LogP contribution in [0.1, 0.15) is 30.5 Å². The van der Waals surface area contributed by atoms with Gasteiger partial charge < -0.3 is 20.7 Å². The summed E-state index contributed by atoms with van der Waals surface area (Å²) in [5.41, 5.74) is 8.30. The van der Waals surface area contributed by atoms with Gasteiger partial charge in [-0.2, -0.15) is 13.5 Å². The average Bonchev–Trinajstić information content (AvgIpc) is 2.53. The Bertz CT molecular complexity index is 454. The van der Waals surface area contributed by atoms with Crippen molar-refractivity contribution in [2.24, 2.45) is 0 Å². The second-order valence-corrected chi connectivity index (χ2v) is 4.42. The summed E-state index contributed by atoms with van der Waals surface area (Å²) in [7, 11) is 1.25. The second-order valence-electron chi connectivity index (χ2n) is 4.42. The maximum atomic E-state index is 12.0. The van der Waals surface area contributed by atoms with Gasteiger partial charge in [-0.05, 0) is 24.0 Å². The number of benzene rings is 1. The quantitative estimate of drug-likeness (QED) is 0.654. The predicted octanol–water partition coefficient (Wildman–Crippen LogP) is 1.85. The number of rotatable bonds is 4. The van der Waals surface area contributed by atoms with Gasteiger partial charge in [0, 0.05) is 39.3 Å². The van der Waals surface area contributed by atoms with E-state index in [-0.39, 0.29) is 51.2 Å². The third-order valence-electron chi connectivity index (χ3n) is 3.43. The molecule has 1 unspecified atom stereocenters. The molecule has 0 spiro atoms. The van der Waals surface area contributed by atoms with Gasteiger partial charge in [0.15, 0.2) is 0 Å². The smallest absolute Gasteiger partial charge is 0.239 e. The third kappa shape index (κ3) is 5.17. The van der Waals surface area contributed by atoms with Crippen LogP contribution in [0.5, 0.6) is 0 Å². The molecule has 0 bridgehead atoms. The fourth-order valence-electron chi connectivity index (χ4n) is 2.60. The molecule has 0 saturated heterocycles. The van der Waals surface area contributed by atoms with Crippen molar-refractivity contribution in [1.29, 1.82) is 0 Å². The second kappa shape index (κ2) is 10.9. The van der Waals surface area contributed by atoms with Gasteiger partial charge in [0.1, 0.15) is 0 Å².